The third kappa shape index (κ3) is 5.35. The summed E-state index contributed by atoms with van der Waals surface area (Å²) in [6.45, 7) is 6.88. The summed E-state index contributed by atoms with van der Waals surface area (Å²) in [7, 11) is -3.85. The Bertz CT molecular complexity index is 1070. The summed E-state index contributed by atoms with van der Waals surface area (Å²) >= 11 is 0. The van der Waals surface area contributed by atoms with Gasteiger partial charge in [-0.3, -0.25) is 19.2 Å². The first kappa shape index (κ1) is 23.3. The first-order valence-corrected chi connectivity index (χ1v) is 11.4. The van der Waals surface area contributed by atoms with Gasteiger partial charge in [0.15, 0.2) is 0 Å². The van der Waals surface area contributed by atoms with Gasteiger partial charge in [-0.05, 0) is 44.4 Å². The molecule has 9 heteroatoms. The van der Waals surface area contributed by atoms with E-state index in [1.54, 1.807) is 0 Å². The molecule has 0 heterocycles. The molecule has 0 spiro atoms. The number of nitrogens with one attached hydrogen (secondary N) is 1. The molecule has 0 aliphatic heterocycles. The maximum atomic E-state index is 12.8. The molecular formula is C21H27N3O5S. The summed E-state index contributed by atoms with van der Waals surface area (Å²) in [5.41, 5.74) is 3.21. The monoisotopic (exact) mass is 433 g/mol. The summed E-state index contributed by atoms with van der Waals surface area (Å²) in [6, 6.07) is 9.83. The fraction of sp³-hybridized carbons (Fsp3) is 0.381. The smallest absolute Gasteiger partial charge is 0.274 e. The third-order valence-electron chi connectivity index (χ3n) is 4.97. The van der Waals surface area contributed by atoms with Crippen molar-refractivity contribution in [1.82, 2.24) is 5.32 Å². The highest BCUT2D eigenvalue weighted by Gasteiger charge is 2.26. The van der Waals surface area contributed by atoms with Gasteiger partial charge < -0.3 is 5.32 Å². The minimum atomic E-state index is -3.85. The van der Waals surface area contributed by atoms with Crippen LogP contribution in [0.1, 0.15) is 41.6 Å². The maximum absolute atomic E-state index is 12.8. The second-order valence-electron chi connectivity index (χ2n) is 7.34. The van der Waals surface area contributed by atoms with E-state index in [9.17, 15) is 23.3 Å². The lowest BCUT2D eigenvalue weighted by Gasteiger charge is -2.25. The number of sulfonamides is 1. The van der Waals surface area contributed by atoms with Crippen LogP contribution < -0.4 is 9.62 Å². The van der Waals surface area contributed by atoms with Gasteiger partial charge in [-0.15, -0.1) is 0 Å². The number of nitro benzene ring substituents is 1. The van der Waals surface area contributed by atoms with Gasteiger partial charge >= 0.3 is 0 Å². The predicted octanol–water partition coefficient (Wildman–Crippen LogP) is 3.55. The number of amides is 1. The molecule has 0 radical (unpaired) electrons. The minimum Gasteiger partial charge on any atom is -0.348 e. The Morgan fingerprint density at radius 3 is 2.40 bits per heavy atom. The van der Waals surface area contributed by atoms with Crippen LogP contribution in [0.5, 0.6) is 0 Å². The van der Waals surface area contributed by atoms with Crippen LogP contribution in [0.15, 0.2) is 36.4 Å². The average molecular weight is 434 g/mol. The van der Waals surface area contributed by atoms with E-state index in [0.717, 1.165) is 27.3 Å². The highest BCUT2D eigenvalue weighted by Crippen LogP contribution is 2.30. The molecule has 0 fully saturated rings. The van der Waals surface area contributed by atoms with Gasteiger partial charge in [-0.25, -0.2) is 8.42 Å². The van der Waals surface area contributed by atoms with E-state index in [1.165, 1.54) is 25.1 Å². The first-order chi connectivity index (χ1) is 14.0. The van der Waals surface area contributed by atoms with E-state index < -0.39 is 27.4 Å². The number of nitro groups is 1. The summed E-state index contributed by atoms with van der Waals surface area (Å²) in [5, 5.41) is 14.1. The molecule has 0 aromatic heterocycles. The van der Waals surface area contributed by atoms with Crippen molar-refractivity contribution in [3.05, 3.63) is 68.8 Å². The normalized spacial score (nSPS) is 12.3. The molecule has 2 aromatic rings. The quantitative estimate of drug-likeness (QED) is 0.506. The topological polar surface area (TPSA) is 110 Å². The third-order valence-corrected chi connectivity index (χ3v) is 6.10. The number of nitrogens with zero attached hydrogens (tertiary/aromatic N) is 2. The van der Waals surface area contributed by atoms with Gasteiger partial charge in [0.05, 0.1) is 28.5 Å². The van der Waals surface area contributed by atoms with Crippen molar-refractivity contribution in [2.45, 2.75) is 40.2 Å². The molecule has 2 rings (SSSR count). The number of hydrogen-bond donors (Lipinski definition) is 1. The van der Waals surface area contributed by atoms with Crippen molar-refractivity contribution in [1.29, 1.82) is 0 Å². The summed E-state index contributed by atoms with van der Waals surface area (Å²) in [4.78, 5) is 23.4. The van der Waals surface area contributed by atoms with Crippen molar-refractivity contribution in [3.8, 4) is 0 Å². The van der Waals surface area contributed by atoms with Crippen LogP contribution >= 0.6 is 0 Å². The van der Waals surface area contributed by atoms with Gasteiger partial charge in [0.2, 0.25) is 15.9 Å². The highest BCUT2D eigenvalue weighted by atomic mass is 32.2. The largest absolute Gasteiger partial charge is 0.348 e. The Hall–Kier alpha value is -2.94. The van der Waals surface area contributed by atoms with E-state index in [1.807, 2.05) is 39.0 Å². The second-order valence-corrected chi connectivity index (χ2v) is 9.24. The summed E-state index contributed by atoms with van der Waals surface area (Å²) in [6.07, 6.45) is 1.60. The molecule has 1 amide bonds. The van der Waals surface area contributed by atoms with Gasteiger partial charge in [0.25, 0.3) is 5.69 Å². The zero-order chi connectivity index (χ0) is 22.6. The summed E-state index contributed by atoms with van der Waals surface area (Å²) in [5.74, 6) is -0.488. The van der Waals surface area contributed by atoms with Crippen LogP contribution in [0.2, 0.25) is 0 Å². The van der Waals surface area contributed by atoms with E-state index in [0.29, 0.717) is 6.42 Å². The van der Waals surface area contributed by atoms with Crippen molar-refractivity contribution >= 4 is 27.3 Å². The fourth-order valence-electron chi connectivity index (χ4n) is 3.45. The number of carbonyl (C=O) groups excluding carboxylic acids is 1. The molecule has 0 bridgehead atoms. The van der Waals surface area contributed by atoms with Gasteiger partial charge in [0.1, 0.15) is 6.54 Å². The zero-order valence-electron chi connectivity index (χ0n) is 17.8. The fourth-order valence-corrected chi connectivity index (χ4v) is 4.35. The van der Waals surface area contributed by atoms with Gasteiger partial charge in [0, 0.05) is 6.07 Å². The summed E-state index contributed by atoms with van der Waals surface area (Å²) < 4.78 is 25.7. The Morgan fingerprint density at radius 2 is 1.87 bits per heavy atom. The molecule has 0 aliphatic rings. The predicted molar refractivity (Wildman–Crippen MR) is 117 cm³/mol. The maximum Gasteiger partial charge on any atom is 0.274 e. The zero-order valence-corrected chi connectivity index (χ0v) is 18.6. The standard InChI is InChI=1S/C21H27N3O5S/c1-6-18(17-11-10-14(2)12-15(17)3)22-21(25)13-23(30(5,28)29)19-8-7-9-20(16(19)4)24(26)27/h7-12,18H,6,13H2,1-5H3,(H,22,25). The van der Waals surface area contributed by atoms with Crippen molar-refractivity contribution in [3.63, 3.8) is 0 Å². The van der Waals surface area contributed by atoms with Gasteiger partial charge in [-0.2, -0.15) is 0 Å². The number of rotatable bonds is 8. The molecule has 2 aromatic carbocycles. The Kier molecular flexibility index (Phi) is 7.20. The molecule has 0 saturated carbocycles. The molecule has 1 N–H and O–H groups in total. The Labute approximate surface area is 177 Å². The minimum absolute atomic E-state index is 0.112. The molecule has 8 nitrogen and oxygen atoms in total. The number of benzene rings is 2. The van der Waals surface area contributed by atoms with Crippen LogP contribution in [-0.2, 0) is 14.8 Å². The molecule has 1 unspecified atom stereocenters. The molecule has 1 atom stereocenters. The van der Waals surface area contributed by atoms with Gasteiger partial charge in [-0.1, -0.05) is 36.8 Å². The Balaban J connectivity index is 2.33. The SMILES string of the molecule is CCC(NC(=O)CN(c1cccc([N+](=O)[O-])c1C)S(C)(=O)=O)c1ccc(C)cc1C. The van der Waals surface area contributed by atoms with Crippen molar-refractivity contribution in [2.24, 2.45) is 0 Å². The molecule has 162 valence electrons. The van der Waals surface area contributed by atoms with E-state index in [-0.39, 0.29) is 23.0 Å². The van der Waals surface area contributed by atoms with Crippen LogP contribution in [0.25, 0.3) is 0 Å². The van der Waals surface area contributed by atoms with Crippen molar-refractivity contribution in [2.75, 3.05) is 17.1 Å². The number of carbonyl (C=O) groups is 1. The van der Waals surface area contributed by atoms with Crippen molar-refractivity contribution < 1.29 is 18.1 Å². The number of hydrogen-bond acceptors (Lipinski definition) is 5. The Morgan fingerprint density at radius 1 is 1.20 bits per heavy atom. The first-order valence-electron chi connectivity index (χ1n) is 9.54. The van der Waals surface area contributed by atoms with E-state index in [4.69, 9.17) is 0 Å². The van der Waals surface area contributed by atoms with E-state index in [2.05, 4.69) is 5.32 Å². The molecular weight excluding hydrogens is 406 g/mol. The lowest BCUT2D eigenvalue weighted by atomic mass is 9.97. The molecule has 0 aliphatic carbocycles. The van der Waals surface area contributed by atoms with Crippen LogP contribution in [0.4, 0.5) is 11.4 Å². The highest BCUT2D eigenvalue weighted by molar-refractivity contribution is 7.92. The lowest BCUT2D eigenvalue weighted by molar-refractivity contribution is -0.385. The van der Waals surface area contributed by atoms with Crippen LogP contribution in [0.3, 0.4) is 0 Å². The number of aryl methyl sites for hydroxylation is 2. The second kappa shape index (κ2) is 9.25. The van der Waals surface area contributed by atoms with Crippen LogP contribution in [0, 0.1) is 30.9 Å². The number of anilines is 1. The average Bonchev–Trinajstić information content (AvgIpc) is 2.64. The molecule has 30 heavy (non-hydrogen) atoms. The molecule has 0 saturated heterocycles. The van der Waals surface area contributed by atoms with E-state index >= 15 is 0 Å². The lowest BCUT2D eigenvalue weighted by Crippen LogP contribution is -2.42. The van der Waals surface area contributed by atoms with Crippen LogP contribution in [-0.4, -0.2) is 32.0 Å².